The van der Waals surface area contributed by atoms with E-state index in [1.807, 2.05) is 37.3 Å². The van der Waals surface area contributed by atoms with Crippen molar-refractivity contribution in [1.29, 1.82) is 0 Å². The summed E-state index contributed by atoms with van der Waals surface area (Å²) in [5.41, 5.74) is 2.67. The highest BCUT2D eigenvalue weighted by Crippen LogP contribution is 2.23. The van der Waals surface area contributed by atoms with Gasteiger partial charge in [0.25, 0.3) is 5.56 Å². The predicted octanol–water partition coefficient (Wildman–Crippen LogP) is 4.55. The topological polar surface area (TPSA) is 67.2 Å². The third-order valence-corrected chi connectivity index (χ3v) is 6.88. The van der Waals surface area contributed by atoms with Crippen molar-refractivity contribution in [3.63, 3.8) is 0 Å². The van der Waals surface area contributed by atoms with Crippen molar-refractivity contribution in [2.75, 3.05) is 18.0 Å². The van der Waals surface area contributed by atoms with E-state index in [1.54, 1.807) is 12.1 Å². The van der Waals surface area contributed by atoms with E-state index < -0.39 is 0 Å². The second kappa shape index (κ2) is 10.9. The molecule has 0 bridgehead atoms. The number of carbonyl (C=O) groups is 1. The Bertz CT molecular complexity index is 1190. The van der Waals surface area contributed by atoms with Crippen LogP contribution in [-0.4, -0.2) is 34.8 Å². The van der Waals surface area contributed by atoms with Crippen LogP contribution in [0.1, 0.15) is 37.3 Å². The minimum atomic E-state index is -0.206. The molecule has 2 heterocycles. The second-order valence-electron chi connectivity index (χ2n) is 9.07. The van der Waals surface area contributed by atoms with Gasteiger partial charge in [0.15, 0.2) is 0 Å². The largest absolute Gasteiger partial charge is 0.355 e. The summed E-state index contributed by atoms with van der Waals surface area (Å²) in [7, 11) is 0. The van der Waals surface area contributed by atoms with Crippen molar-refractivity contribution in [3.05, 3.63) is 87.2 Å². The highest BCUT2D eigenvalue weighted by molar-refractivity contribution is 6.31. The van der Waals surface area contributed by atoms with Crippen LogP contribution < -0.4 is 15.8 Å². The molecule has 178 valence electrons. The lowest BCUT2D eigenvalue weighted by molar-refractivity contribution is -0.126. The molecule has 1 amide bonds. The number of aromatic nitrogens is 2. The van der Waals surface area contributed by atoms with Crippen LogP contribution in [0.15, 0.2) is 65.5 Å². The number of aryl methyl sites for hydroxylation is 2. The smallest absolute Gasteiger partial charge is 0.271 e. The fourth-order valence-corrected chi connectivity index (χ4v) is 4.47. The Morgan fingerprint density at radius 3 is 2.56 bits per heavy atom. The van der Waals surface area contributed by atoms with Crippen molar-refractivity contribution in [2.24, 2.45) is 5.92 Å². The van der Waals surface area contributed by atoms with Gasteiger partial charge in [-0.2, -0.15) is 4.68 Å². The van der Waals surface area contributed by atoms with Crippen molar-refractivity contribution in [2.45, 2.75) is 45.6 Å². The van der Waals surface area contributed by atoms with Crippen molar-refractivity contribution < 1.29 is 4.79 Å². The first-order chi connectivity index (χ1) is 16.4. The van der Waals surface area contributed by atoms with Crippen LogP contribution >= 0.6 is 11.6 Å². The van der Waals surface area contributed by atoms with Gasteiger partial charge in [0.2, 0.25) is 5.91 Å². The molecule has 7 heteroatoms. The van der Waals surface area contributed by atoms with E-state index in [9.17, 15) is 9.59 Å². The van der Waals surface area contributed by atoms with Gasteiger partial charge < -0.3 is 10.2 Å². The van der Waals surface area contributed by atoms with Gasteiger partial charge in [-0.15, -0.1) is 5.10 Å². The molecule has 0 saturated carbocycles. The molecule has 0 aliphatic carbocycles. The van der Waals surface area contributed by atoms with Crippen LogP contribution in [0.2, 0.25) is 5.02 Å². The Kier molecular flexibility index (Phi) is 7.68. The van der Waals surface area contributed by atoms with Gasteiger partial charge in [-0.25, -0.2) is 0 Å². The minimum absolute atomic E-state index is 0.00256. The zero-order valence-electron chi connectivity index (χ0n) is 19.7. The second-order valence-corrected chi connectivity index (χ2v) is 9.48. The zero-order valence-corrected chi connectivity index (χ0v) is 20.5. The number of halogens is 1. The SMILES string of the molecule is Cc1ccc(-n2nc(N3CCC(C(=O)NC(C)CCc4ccccc4)CC3)ccc2=O)cc1Cl. The number of hydrogen-bond donors (Lipinski definition) is 1. The molecular formula is C27H31ClN4O2. The molecule has 6 nitrogen and oxygen atoms in total. The Morgan fingerprint density at radius 2 is 1.85 bits per heavy atom. The lowest BCUT2D eigenvalue weighted by Crippen LogP contribution is -2.43. The average molecular weight is 479 g/mol. The molecule has 1 aliphatic rings. The van der Waals surface area contributed by atoms with E-state index >= 15 is 0 Å². The first-order valence-electron chi connectivity index (χ1n) is 11.9. The standard InChI is InChI=1S/C27H31ClN4O2/c1-19-8-11-23(18-24(19)28)32-26(33)13-12-25(30-32)31-16-14-22(15-17-31)27(34)29-20(2)9-10-21-6-4-3-5-7-21/h3-8,11-13,18,20,22H,9-10,14-17H2,1-2H3,(H,29,34). The van der Waals surface area contributed by atoms with E-state index in [0.717, 1.165) is 50.2 Å². The van der Waals surface area contributed by atoms with Gasteiger partial charge in [0, 0.05) is 36.1 Å². The van der Waals surface area contributed by atoms with Crippen molar-refractivity contribution in [1.82, 2.24) is 15.1 Å². The summed E-state index contributed by atoms with van der Waals surface area (Å²) in [4.78, 5) is 27.4. The van der Waals surface area contributed by atoms with E-state index in [1.165, 1.54) is 16.3 Å². The van der Waals surface area contributed by atoms with Gasteiger partial charge in [0.05, 0.1) is 5.69 Å². The molecular weight excluding hydrogens is 448 g/mol. The number of benzene rings is 2. The molecule has 34 heavy (non-hydrogen) atoms. The molecule has 2 aromatic carbocycles. The van der Waals surface area contributed by atoms with Crippen LogP contribution in [0.25, 0.3) is 5.69 Å². The molecule has 4 rings (SSSR count). The maximum atomic E-state index is 12.8. The molecule has 1 aromatic heterocycles. The highest BCUT2D eigenvalue weighted by atomic mass is 35.5. The molecule has 0 radical (unpaired) electrons. The van der Waals surface area contributed by atoms with E-state index in [4.69, 9.17) is 11.6 Å². The molecule has 1 saturated heterocycles. The third-order valence-electron chi connectivity index (χ3n) is 6.47. The predicted molar refractivity (Wildman–Crippen MR) is 137 cm³/mol. The zero-order chi connectivity index (χ0) is 24.1. The maximum absolute atomic E-state index is 12.8. The first-order valence-corrected chi connectivity index (χ1v) is 12.2. The van der Waals surface area contributed by atoms with Gasteiger partial charge in [-0.1, -0.05) is 48.0 Å². The lowest BCUT2D eigenvalue weighted by atomic mass is 9.95. The maximum Gasteiger partial charge on any atom is 0.271 e. The number of hydrogen-bond acceptors (Lipinski definition) is 4. The highest BCUT2D eigenvalue weighted by Gasteiger charge is 2.26. The fraction of sp³-hybridized carbons (Fsp3) is 0.370. The van der Waals surface area contributed by atoms with Crippen LogP contribution in [0.4, 0.5) is 5.82 Å². The van der Waals surface area contributed by atoms with Gasteiger partial charge in [0.1, 0.15) is 5.82 Å². The average Bonchev–Trinajstić information content (AvgIpc) is 2.85. The van der Waals surface area contributed by atoms with Gasteiger partial charge in [-0.3, -0.25) is 9.59 Å². The molecule has 3 aromatic rings. The number of carbonyl (C=O) groups excluding carboxylic acids is 1. The summed E-state index contributed by atoms with van der Waals surface area (Å²) < 4.78 is 1.38. The summed E-state index contributed by atoms with van der Waals surface area (Å²) in [5, 5.41) is 8.37. The summed E-state index contributed by atoms with van der Waals surface area (Å²) in [6.45, 7) is 5.43. The Balaban J connectivity index is 1.33. The lowest BCUT2D eigenvalue weighted by Gasteiger charge is -2.32. The number of piperidine rings is 1. The fourth-order valence-electron chi connectivity index (χ4n) is 4.30. The van der Waals surface area contributed by atoms with Crippen LogP contribution in [-0.2, 0) is 11.2 Å². The molecule has 0 spiro atoms. The number of nitrogens with one attached hydrogen (secondary N) is 1. The van der Waals surface area contributed by atoms with Gasteiger partial charge >= 0.3 is 0 Å². The summed E-state index contributed by atoms with van der Waals surface area (Å²) >= 11 is 6.25. The Labute approximate surface area is 205 Å². The molecule has 1 unspecified atom stereocenters. The Hall–Kier alpha value is -3.12. The third kappa shape index (κ3) is 5.86. The monoisotopic (exact) mass is 478 g/mol. The Morgan fingerprint density at radius 1 is 1.12 bits per heavy atom. The number of amides is 1. The van der Waals surface area contributed by atoms with Gasteiger partial charge in [-0.05, 0) is 68.9 Å². The molecule has 1 aliphatic heterocycles. The minimum Gasteiger partial charge on any atom is -0.355 e. The number of nitrogens with zero attached hydrogens (tertiary/aromatic N) is 3. The first kappa shape index (κ1) is 24.0. The van der Waals surface area contributed by atoms with E-state index in [0.29, 0.717) is 10.7 Å². The number of rotatable bonds is 7. The van der Waals surface area contributed by atoms with Crippen molar-refractivity contribution >= 4 is 23.3 Å². The quantitative estimate of drug-likeness (QED) is 0.541. The van der Waals surface area contributed by atoms with E-state index in [2.05, 4.69) is 34.4 Å². The normalized spacial score (nSPS) is 15.2. The summed E-state index contributed by atoms with van der Waals surface area (Å²) in [6.07, 6.45) is 3.39. The van der Waals surface area contributed by atoms with Crippen molar-refractivity contribution in [3.8, 4) is 5.69 Å². The van der Waals surface area contributed by atoms with E-state index in [-0.39, 0.29) is 23.4 Å². The van der Waals surface area contributed by atoms with Crippen LogP contribution in [0, 0.1) is 12.8 Å². The summed E-state index contributed by atoms with van der Waals surface area (Å²) in [6, 6.07) is 19.2. The molecule has 1 fully saturated rings. The van der Waals surface area contributed by atoms with Crippen LogP contribution in [0.5, 0.6) is 0 Å². The summed E-state index contributed by atoms with van der Waals surface area (Å²) in [5.74, 6) is 0.857. The molecule has 1 N–H and O–H groups in total. The number of anilines is 1. The van der Waals surface area contributed by atoms with Crippen LogP contribution in [0.3, 0.4) is 0 Å². The molecule has 1 atom stereocenters.